The number of phenolic OH excluding ortho intramolecular Hbond substituents is 1. The number of benzene rings is 6. The number of phenols is 1. The molecule has 6 aromatic carbocycles. The SMILES string of the molecule is CCN1CCC(Oc2ccc(C(=O)c3c(-c4ccc(OC)cc4)sc4cc(OC)ccc34)cc2)CC1.COc1ccc(-c2sc3cc(OC)ccc3c2C(=O)c2ccc(O)cc2)cc1. The van der Waals surface area contributed by atoms with Crippen molar-refractivity contribution >= 4 is 54.4 Å². The Kier molecular flexibility index (Phi) is 13.6. The summed E-state index contributed by atoms with van der Waals surface area (Å²) in [6.07, 6.45) is 2.29. The normalized spacial score (nSPS) is 13.0. The number of nitrogens with zero attached hydrogens (tertiary/aromatic N) is 1. The topological polar surface area (TPSA) is 104 Å². The van der Waals surface area contributed by atoms with E-state index in [1.54, 1.807) is 63.2 Å². The molecular weight excluding hydrogens is 843 g/mol. The van der Waals surface area contributed by atoms with Gasteiger partial charge in [-0.05, 0) is 164 Å². The Morgan fingerprint density at radius 1 is 0.547 bits per heavy atom. The summed E-state index contributed by atoms with van der Waals surface area (Å²) in [5.41, 5.74) is 4.47. The van der Waals surface area contributed by atoms with E-state index in [2.05, 4.69) is 11.8 Å². The molecule has 3 heterocycles. The number of piperidine rings is 1. The number of likely N-dealkylation sites (tertiary alicyclic amines) is 1. The molecule has 64 heavy (non-hydrogen) atoms. The van der Waals surface area contributed by atoms with E-state index >= 15 is 0 Å². The summed E-state index contributed by atoms with van der Waals surface area (Å²) >= 11 is 3.16. The molecule has 326 valence electrons. The molecule has 0 spiro atoms. The van der Waals surface area contributed by atoms with Crippen molar-refractivity contribution in [2.75, 3.05) is 48.1 Å². The number of thiophene rings is 2. The molecule has 8 aromatic rings. The molecule has 9 rings (SSSR count). The fourth-order valence-corrected chi connectivity index (χ4v) is 10.3. The summed E-state index contributed by atoms with van der Waals surface area (Å²) < 4.78 is 29.6. The molecule has 0 amide bonds. The lowest BCUT2D eigenvalue weighted by Crippen LogP contribution is -2.37. The van der Waals surface area contributed by atoms with Gasteiger partial charge in [0, 0.05) is 65.3 Å². The van der Waals surface area contributed by atoms with Crippen molar-refractivity contribution in [3.05, 3.63) is 156 Å². The first kappa shape index (κ1) is 44.0. The zero-order chi connectivity index (χ0) is 44.7. The maximum Gasteiger partial charge on any atom is 0.195 e. The Labute approximate surface area is 381 Å². The number of ketones is 2. The van der Waals surface area contributed by atoms with Crippen LogP contribution >= 0.6 is 22.7 Å². The van der Waals surface area contributed by atoms with Gasteiger partial charge in [-0.25, -0.2) is 0 Å². The summed E-state index contributed by atoms with van der Waals surface area (Å²) in [5, 5.41) is 11.4. The van der Waals surface area contributed by atoms with E-state index in [1.807, 2.05) is 109 Å². The van der Waals surface area contributed by atoms with E-state index in [0.717, 1.165) is 102 Å². The zero-order valence-electron chi connectivity index (χ0n) is 36.4. The minimum absolute atomic E-state index is 0.0000360. The molecule has 0 aliphatic carbocycles. The number of fused-ring (bicyclic) bond motifs is 2. The van der Waals surface area contributed by atoms with Gasteiger partial charge in [0.15, 0.2) is 11.6 Å². The lowest BCUT2D eigenvalue weighted by Gasteiger charge is -2.31. The van der Waals surface area contributed by atoms with Gasteiger partial charge in [-0.2, -0.15) is 0 Å². The Bertz CT molecular complexity index is 2880. The molecule has 0 radical (unpaired) electrons. The highest BCUT2D eigenvalue weighted by atomic mass is 32.1. The van der Waals surface area contributed by atoms with Crippen molar-refractivity contribution < 1.29 is 38.4 Å². The Hall–Kier alpha value is -6.66. The summed E-state index contributed by atoms with van der Waals surface area (Å²) in [6.45, 7) is 5.43. The van der Waals surface area contributed by atoms with Gasteiger partial charge in [0.25, 0.3) is 0 Å². The molecule has 1 fully saturated rings. The average molecular weight is 892 g/mol. The fraction of sp³-hybridized carbons (Fsp3) is 0.208. The molecule has 0 bridgehead atoms. The Balaban J connectivity index is 0.000000181. The van der Waals surface area contributed by atoms with E-state index < -0.39 is 0 Å². The van der Waals surface area contributed by atoms with E-state index in [4.69, 9.17) is 23.7 Å². The predicted octanol–water partition coefficient (Wildman–Crippen LogP) is 12.2. The van der Waals surface area contributed by atoms with Crippen LogP contribution < -0.4 is 23.7 Å². The van der Waals surface area contributed by atoms with Crippen molar-refractivity contribution in [1.29, 1.82) is 0 Å². The second-order valence-corrected chi connectivity index (χ2v) is 17.4. The maximum absolute atomic E-state index is 13.9. The number of carbonyl (C=O) groups is 2. The van der Waals surface area contributed by atoms with Gasteiger partial charge in [0.05, 0.1) is 28.4 Å². The van der Waals surface area contributed by atoms with Gasteiger partial charge < -0.3 is 33.7 Å². The van der Waals surface area contributed by atoms with Crippen LogP contribution in [0.5, 0.6) is 34.5 Å². The number of hydrogen-bond donors (Lipinski definition) is 1. The molecule has 9 nitrogen and oxygen atoms in total. The molecule has 2 aromatic heterocycles. The van der Waals surface area contributed by atoms with Crippen LogP contribution in [0.2, 0.25) is 0 Å². The fourth-order valence-electron chi connectivity index (χ4n) is 7.87. The van der Waals surface area contributed by atoms with Crippen LogP contribution in [0.15, 0.2) is 133 Å². The van der Waals surface area contributed by atoms with Gasteiger partial charge in [-0.3, -0.25) is 9.59 Å². The predicted molar refractivity (Wildman–Crippen MR) is 258 cm³/mol. The molecule has 1 saturated heterocycles. The average Bonchev–Trinajstić information content (AvgIpc) is 3.93. The highest BCUT2D eigenvalue weighted by Gasteiger charge is 2.25. The van der Waals surface area contributed by atoms with Gasteiger partial charge in [-0.1, -0.05) is 6.92 Å². The number of aromatic hydroxyl groups is 1. The summed E-state index contributed by atoms with van der Waals surface area (Å²) in [4.78, 5) is 31.5. The summed E-state index contributed by atoms with van der Waals surface area (Å²) in [6, 6.07) is 41.1. The number of hydrogen-bond acceptors (Lipinski definition) is 11. The van der Waals surface area contributed by atoms with Gasteiger partial charge in [0.2, 0.25) is 0 Å². The molecule has 11 heteroatoms. The van der Waals surface area contributed by atoms with Crippen molar-refractivity contribution in [3.63, 3.8) is 0 Å². The number of rotatable bonds is 13. The third kappa shape index (κ3) is 9.47. The van der Waals surface area contributed by atoms with Crippen LogP contribution in [0.25, 0.3) is 41.1 Å². The van der Waals surface area contributed by atoms with E-state index in [0.29, 0.717) is 22.3 Å². The van der Waals surface area contributed by atoms with Gasteiger partial charge in [-0.15, -0.1) is 22.7 Å². The number of carbonyl (C=O) groups excluding carboxylic acids is 2. The smallest absolute Gasteiger partial charge is 0.195 e. The van der Waals surface area contributed by atoms with Gasteiger partial charge >= 0.3 is 0 Å². The molecule has 1 aliphatic rings. The van der Waals surface area contributed by atoms with E-state index in [1.165, 1.54) is 12.1 Å². The third-order valence-corrected chi connectivity index (χ3v) is 13.9. The third-order valence-electron chi connectivity index (χ3n) is 11.5. The monoisotopic (exact) mass is 891 g/mol. The Morgan fingerprint density at radius 2 is 0.938 bits per heavy atom. The second-order valence-electron chi connectivity index (χ2n) is 15.3. The van der Waals surface area contributed by atoms with E-state index in [9.17, 15) is 14.7 Å². The first-order valence-electron chi connectivity index (χ1n) is 21.1. The lowest BCUT2D eigenvalue weighted by molar-refractivity contribution is 0.102. The summed E-state index contributed by atoms with van der Waals surface area (Å²) in [5.74, 6) is 3.93. The first-order chi connectivity index (χ1) is 31.2. The number of methoxy groups -OCH3 is 4. The van der Waals surface area contributed by atoms with Crippen molar-refractivity contribution in [2.24, 2.45) is 0 Å². The second kappa shape index (κ2) is 19.8. The minimum Gasteiger partial charge on any atom is -0.508 e. The van der Waals surface area contributed by atoms with Gasteiger partial charge in [0.1, 0.15) is 40.6 Å². The van der Waals surface area contributed by atoms with E-state index in [-0.39, 0.29) is 23.4 Å². The molecule has 1 N–H and O–H groups in total. The molecule has 0 unspecified atom stereocenters. The molecule has 0 atom stereocenters. The van der Waals surface area contributed by atoms with Crippen molar-refractivity contribution in [1.82, 2.24) is 4.90 Å². The van der Waals surface area contributed by atoms with Crippen LogP contribution in [-0.4, -0.2) is 75.8 Å². The van der Waals surface area contributed by atoms with Crippen molar-refractivity contribution in [2.45, 2.75) is 25.9 Å². The summed E-state index contributed by atoms with van der Waals surface area (Å²) in [7, 11) is 6.56. The van der Waals surface area contributed by atoms with Crippen LogP contribution in [0.4, 0.5) is 0 Å². The quantitative estimate of drug-likeness (QED) is 0.113. The van der Waals surface area contributed by atoms with Crippen LogP contribution in [0, 0.1) is 0 Å². The lowest BCUT2D eigenvalue weighted by atomic mass is 9.97. The zero-order valence-corrected chi connectivity index (χ0v) is 38.0. The molecular formula is C53H49NO8S2. The van der Waals surface area contributed by atoms with Crippen LogP contribution in [0.1, 0.15) is 51.6 Å². The molecule has 0 saturated carbocycles. The van der Waals surface area contributed by atoms with Crippen molar-refractivity contribution in [3.8, 4) is 55.4 Å². The Morgan fingerprint density at radius 3 is 1.34 bits per heavy atom. The largest absolute Gasteiger partial charge is 0.508 e. The number of ether oxygens (including phenoxy) is 5. The maximum atomic E-state index is 13.9. The minimum atomic E-state index is -0.0813. The van der Waals surface area contributed by atoms with Crippen LogP contribution in [-0.2, 0) is 0 Å². The highest BCUT2D eigenvalue weighted by Crippen LogP contribution is 2.43. The first-order valence-corrected chi connectivity index (χ1v) is 22.7. The van der Waals surface area contributed by atoms with Crippen LogP contribution in [0.3, 0.4) is 0 Å². The molecule has 1 aliphatic heterocycles. The highest BCUT2D eigenvalue weighted by molar-refractivity contribution is 7.23. The standard InChI is InChI=1S/C30H31NO4S.C23H18O4S/c1-4-31-17-15-24(16-18-31)35-23-11-5-20(6-12-23)29(32)28-26-14-13-25(34-3)19-27(26)36-30(28)21-7-9-22(33-2)10-8-21;1-26-17-9-5-15(6-10-17)23-21(22(25)14-3-7-16(24)8-4-14)19-12-11-18(27-2)13-20(19)28-23/h5-14,19,24H,4,15-18H2,1-3H3;3-13,24H,1-2H3.